The van der Waals surface area contributed by atoms with E-state index in [9.17, 15) is 12.8 Å². The van der Waals surface area contributed by atoms with Crippen LogP contribution in [0.4, 0.5) is 4.39 Å². The summed E-state index contributed by atoms with van der Waals surface area (Å²) in [7, 11) is -3.03. The number of aryl methyl sites for hydroxylation is 1. The molecule has 1 unspecified atom stereocenters. The highest BCUT2D eigenvalue weighted by molar-refractivity contribution is 7.90. The Morgan fingerprint density at radius 2 is 2.12 bits per heavy atom. The summed E-state index contributed by atoms with van der Waals surface area (Å²) in [6.45, 7) is 1.77. The zero-order valence-electron chi connectivity index (χ0n) is 9.90. The Kier molecular flexibility index (Phi) is 4.62. The molecule has 0 fully saturated rings. The second-order valence-corrected chi connectivity index (χ2v) is 6.40. The Balaban J connectivity index is 2.86. The summed E-state index contributed by atoms with van der Waals surface area (Å²) >= 11 is 0. The Morgan fingerprint density at radius 1 is 1.47 bits per heavy atom. The molecule has 0 saturated heterocycles. The smallest absolute Gasteiger partial charge is 0.147 e. The molecule has 0 radical (unpaired) electrons. The molecule has 3 N–H and O–H groups in total. The molecule has 1 aromatic rings. The minimum Gasteiger partial charge on any atom is -0.271 e. The second kappa shape index (κ2) is 5.57. The molecule has 6 heteroatoms. The van der Waals surface area contributed by atoms with Crippen molar-refractivity contribution in [2.75, 3.05) is 12.0 Å². The van der Waals surface area contributed by atoms with Crippen LogP contribution in [-0.2, 0) is 9.84 Å². The van der Waals surface area contributed by atoms with Crippen LogP contribution >= 0.6 is 0 Å². The van der Waals surface area contributed by atoms with E-state index in [2.05, 4.69) is 5.43 Å². The molecule has 0 heterocycles. The third-order valence-electron chi connectivity index (χ3n) is 2.59. The lowest BCUT2D eigenvalue weighted by molar-refractivity contribution is 0.527. The van der Waals surface area contributed by atoms with Crippen molar-refractivity contribution >= 4 is 9.84 Å². The van der Waals surface area contributed by atoms with Crippen LogP contribution < -0.4 is 11.3 Å². The number of rotatable bonds is 5. The first-order valence-electron chi connectivity index (χ1n) is 5.23. The predicted molar refractivity (Wildman–Crippen MR) is 65.5 cm³/mol. The van der Waals surface area contributed by atoms with Crippen molar-refractivity contribution in [3.63, 3.8) is 0 Å². The van der Waals surface area contributed by atoms with E-state index in [1.807, 2.05) is 0 Å². The lowest BCUT2D eigenvalue weighted by atomic mass is 10.00. The van der Waals surface area contributed by atoms with Gasteiger partial charge < -0.3 is 0 Å². The van der Waals surface area contributed by atoms with Crippen LogP contribution in [0.25, 0.3) is 0 Å². The predicted octanol–water partition coefficient (Wildman–Crippen LogP) is 1.07. The van der Waals surface area contributed by atoms with E-state index in [0.717, 1.165) is 11.1 Å². The fourth-order valence-corrected chi connectivity index (χ4v) is 2.35. The van der Waals surface area contributed by atoms with Gasteiger partial charge in [0.2, 0.25) is 0 Å². The number of sulfone groups is 1. The van der Waals surface area contributed by atoms with Gasteiger partial charge in [-0.1, -0.05) is 6.07 Å². The summed E-state index contributed by atoms with van der Waals surface area (Å²) < 4.78 is 35.1. The molecule has 1 rings (SSSR count). The molecule has 4 nitrogen and oxygen atoms in total. The standard InChI is InChI=1S/C11H17FN2O2S/c1-8-7-9(12)3-4-10(8)11(14-13)5-6-17(2,15)16/h3-4,7,11,14H,5-6,13H2,1-2H3. The lowest BCUT2D eigenvalue weighted by Gasteiger charge is -2.18. The van der Waals surface area contributed by atoms with E-state index in [1.165, 1.54) is 18.4 Å². The van der Waals surface area contributed by atoms with Crippen LogP contribution in [0, 0.1) is 12.7 Å². The quantitative estimate of drug-likeness (QED) is 0.613. The van der Waals surface area contributed by atoms with Crippen LogP contribution in [0.1, 0.15) is 23.6 Å². The molecule has 17 heavy (non-hydrogen) atoms. The van der Waals surface area contributed by atoms with Crippen molar-refractivity contribution in [1.29, 1.82) is 0 Å². The van der Waals surface area contributed by atoms with Crippen molar-refractivity contribution in [2.24, 2.45) is 5.84 Å². The number of nitrogens with one attached hydrogen (secondary N) is 1. The van der Waals surface area contributed by atoms with Gasteiger partial charge >= 0.3 is 0 Å². The van der Waals surface area contributed by atoms with Gasteiger partial charge in [0.1, 0.15) is 15.7 Å². The van der Waals surface area contributed by atoms with E-state index in [4.69, 9.17) is 5.84 Å². The minimum absolute atomic E-state index is 0.0404. The van der Waals surface area contributed by atoms with Gasteiger partial charge in [-0.3, -0.25) is 11.3 Å². The summed E-state index contributed by atoms with van der Waals surface area (Å²) in [6, 6.07) is 4.08. The normalized spacial score (nSPS) is 13.6. The van der Waals surface area contributed by atoms with Gasteiger partial charge in [0.15, 0.2) is 0 Å². The SMILES string of the molecule is Cc1cc(F)ccc1C(CCS(C)(=O)=O)NN. The third kappa shape index (κ3) is 4.41. The average molecular weight is 260 g/mol. The van der Waals surface area contributed by atoms with Crippen molar-refractivity contribution < 1.29 is 12.8 Å². The number of hydrogen-bond donors (Lipinski definition) is 2. The van der Waals surface area contributed by atoms with Crippen LogP contribution in [0.5, 0.6) is 0 Å². The highest BCUT2D eigenvalue weighted by Crippen LogP contribution is 2.21. The number of benzene rings is 1. The van der Waals surface area contributed by atoms with E-state index in [0.29, 0.717) is 6.42 Å². The molecule has 0 amide bonds. The lowest BCUT2D eigenvalue weighted by Crippen LogP contribution is -2.30. The van der Waals surface area contributed by atoms with E-state index in [1.54, 1.807) is 13.0 Å². The first-order valence-corrected chi connectivity index (χ1v) is 7.29. The summed E-state index contributed by atoms with van der Waals surface area (Å²) in [6.07, 6.45) is 1.54. The fraction of sp³-hybridized carbons (Fsp3) is 0.455. The minimum atomic E-state index is -3.03. The van der Waals surface area contributed by atoms with Crippen LogP contribution in [0.15, 0.2) is 18.2 Å². The number of hydrazine groups is 1. The van der Waals surface area contributed by atoms with E-state index < -0.39 is 9.84 Å². The zero-order valence-corrected chi connectivity index (χ0v) is 10.7. The monoisotopic (exact) mass is 260 g/mol. The third-order valence-corrected chi connectivity index (χ3v) is 3.56. The van der Waals surface area contributed by atoms with E-state index in [-0.39, 0.29) is 17.6 Å². The van der Waals surface area contributed by atoms with Crippen molar-refractivity contribution in [2.45, 2.75) is 19.4 Å². The number of nitrogens with two attached hydrogens (primary N) is 1. The summed E-state index contributed by atoms with van der Waals surface area (Å²) in [5, 5.41) is 0. The number of hydrogen-bond acceptors (Lipinski definition) is 4. The molecule has 0 aliphatic carbocycles. The first kappa shape index (κ1) is 14.1. The van der Waals surface area contributed by atoms with Gasteiger partial charge in [0.25, 0.3) is 0 Å². The maximum absolute atomic E-state index is 12.9. The molecule has 0 aromatic heterocycles. The van der Waals surface area contributed by atoms with Crippen LogP contribution in [-0.4, -0.2) is 20.4 Å². The molecule has 0 aliphatic rings. The molecule has 1 atom stereocenters. The van der Waals surface area contributed by atoms with Gasteiger partial charge in [-0.15, -0.1) is 0 Å². The summed E-state index contributed by atoms with van der Waals surface area (Å²) in [5.41, 5.74) is 4.13. The van der Waals surface area contributed by atoms with Gasteiger partial charge in [-0.2, -0.15) is 0 Å². The van der Waals surface area contributed by atoms with Gasteiger partial charge in [0.05, 0.1) is 5.75 Å². The van der Waals surface area contributed by atoms with Crippen molar-refractivity contribution in [3.05, 3.63) is 35.1 Å². The largest absolute Gasteiger partial charge is 0.271 e. The Labute approximate surface area is 101 Å². The second-order valence-electron chi connectivity index (χ2n) is 4.14. The fourth-order valence-electron chi connectivity index (χ4n) is 1.69. The first-order chi connectivity index (χ1) is 7.83. The molecule has 96 valence electrons. The van der Waals surface area contributed by atoms with E-state index >= 15 is 0 Å². The van der Waals surface area contributed by atoms with Gasteiger partial charge in [-0.25, -0.2) is 12.8 Å². The molecule has 0 aliphatic heterocycles. The Bertz CT molecular complexity index is 488. The van der Waals surface area contributed by atoms with Crippen LogP contribution in [0.2, 0.25) is 0 Å². The van der Waals surface area contributed by atoms with Crippen molar-refractivity contribution in [1.82, 2.24) is 5.43 Å². The Morgan fingerprint density at radius 3 is 2.59 bits per heavy atom. The topological polar surface area (TPSA) is 72.2 Å². The maximum Gasteiger partial charge on any atom is 0.147 e. The molecular formula is C11H17FN2O2S. The molecule has 0 saturated carbocycles. The molecular weight excluding hydrogens is 243 g/mol. The molecule has 0 bridgehead atoms. The van der Waals surface area contributed by atoms with Crippen LogP contribution in [0.3, 0.4) is 0 Å². The highest BCUT2D eigenvalue weighted by atomic mass is 32.2. The number of halogens is 1. The Hall–Kier alpha value is -0.980. The summed E-state index contributed by atoms with van der Waals surface area (Å²) in [4.78, 5) is 0. The van der Waals surface area contributed by atoms with Crippen molar-refractivity contribution in [3.8, 4) is 0 Å². The summed E-state index contributed by atoms with van der Waals surface area (Å²) in [5.74, 6) is 5.13. The van der Waals surface area contributed by atoms with Gasteiger partial charge in [0, 0.05) is 12.3 Å². The zero-order chi connectivity index (χ0) is 13.1. The highest BCUT2D eigenvalue weighted by Gasteiger charge is 2.15. The molecule has 0 spiro atoms. The average Bonchev–Trinajstić information content (AvgIpc) is 2.19. The maximum atomic E-state index is 12.9. The molecule has 1 aromatic carbocycles. The van der Waals surface area contributed by atoms with Gasteiger partial charge in [-0.05, 0) is 36.6 Å².